The normalized spacial score (nSPS) is 16.7. The van der Waals surface area contributed by atoms with Crippen LogP contribution in [0.15, 0.2) is 75.0 Å². The molecule has 1 aliphatic heterocycles. The molecule has 1 amide bonds. The molecule has 3 aromatic rings. The zero-order valence-corrected chi connectivity index (χ0v) is 16.9. The van der Waals surface area contributed by atoms with Gasteiger partial charge in [-0.2, -0.15) is 5.10 Å². The van der Waals surface area contributed by atoms with Gasteiger partial charge in [0.15, 0.2) is 0 Å². The van der Waals surface area contributed by atoms with Gasteiger partial charge in [0.2, 0.25) is 0 Å². The molecule has 0 spiro atoms. The highest BCUT2D eigenvalue weighted by molar-refractivity contribution is 6.01. The molecular weight excluding hydrogens is 366 g/mol. The summed E-state index contributed by atoms with van der Waals surface area (Å²) in [5.41, 5.74) is 2.83. The lowest BCUT2D eigenvalue weighted by Gasteiger charge is -2.24. The van der Waals surface area contributed by atoms with E-state index in [-0.39, 0.29) is 23.9 Å². The van der Waals surface area contributed by atoms with E-state index in [4.69, 9.17) is 8.83 Å². The van der Waals surface area contributed by atoms with Crippen molar-refractivity contribution in [3.8, 4) is 0 Å². The van der Waals surface area contributed by atoms with Gasteiger partial charge in [0, 0.05) is 12.1 Å². The standard InChI is InChI=1S/C23H25N3O3/c1-23(2,3)16-8-4-5-9-17(16)24-15-22(27)26-19(21-11-7-13-29-21)14-18(25-26)20-10-6-12-28-20/h4-13,19,24H,14-15H2,1-3H3. The Bertz CT molecular complexity index is 998. The molecule has 0 aliphatic carbocycles. The Kier molecular flexibility index (Phi) is 5.01. The van der Waals surface area contributed by atoms with Gasteiger partial charge in [-0.05, 0) is 41.3 Å². The van der Waals surface area contributed by atoms with Crippen molar-refractivity contribution in [3.05, 3.63) is 78.1 Å². The minimum Gasteiger partial charge on any atom is -0.467 e. The average Bonchev–Trinajstić information content (AvgIpc) is 3.46. The molecule has 150 valence electrons. The summed E-state index contributed by atoms with van der Waals surface area (Å²) in [7, 11) is 0. The van der Waals surface area contributed by atoms with Gasteiger partial charge in [0.1, 0.15) is 23.3 Å². The number of anilines is 1. The fraction of sp³-hybridized carbons (Fsp3) is 0.304. The third kappa shape index (κ3) is 3.97. The number of benzene rings is 1. The lowest BCUT2D eigenvalue weighted by atomic mass is 9.86. The predicted octanol–water partition coefficient (Wildman–Crippen LogP) is 4.96. The van der Waals surface area contributed by atoms with Crippen molar-refractivity contribution in [1.82, 2.24) is 5.01 Å². The number of hydrazone groups is 1. The molecule has 3 heterocycles. The van der Waals surface area contributed by atoms with Gasteiger partial charge in [-0.1, -0.05) is 39.0 Å². The van der Waals surface area contributed by atoms with Crippen molar-refractivity contribution in [2.45, 2.75) is 38.6 Å². The van der Waals surface area contributed by atoms with E-state index in [0.29, 0.717) is 17.9 Å². The lowest BCUT2D eigenvalue weighted by Crippen LogP contribution is -2.32. The number of furan rings is 2. The van der Waals surface area contributed by atoms with Crippen LogP contribution in [-0.2, 0) is 10.2 Å². The molecule has 0 bridgehead atoms. The average molecular weight is 391 g/mol. The highest BCUT2D eigenvalue weighted by atomic mass is 16.3. The Hall–Kier alpha value is -3.28. The number of carbonyl (C=O) groups excluding carboxylic acids is 1. The Morgan fingerprint density at radius 2 is 1.86 bits per heavy atom. The van der Waals surface area contributed by atoms with Crippen molar-refractivity contribution in [1.29, 1.82) is 0 Å². The van der Waals surface area contributed by atoms with Gasteiger partial charge in [0.25, 0.3) is 5.91 Å². The van der Waals surface area contributed by atoms with Crippen molar-refractivity contribution < 1.29 is 13.6 Å². The van der Waals surface area contributed by atoms with Crippen LogP contribution in [0.25, 0.3) is 0 Å². The highest BCUT2D eigenvalue weighted by Gasteiger charge is 2.35. The molecule has 29 heavy (non-hydrogen) atoms. The van der Waals surface area contributed by atoms with Gasteiger partial charge < -0.3 is 14.2 Å². The summed E-state index contributed by atoms with van der Waals surface area (Å²) < 4.78 is 11.1. The fourth-order valence-electron chi connectivity index (χ4n) is 3.58. The third-order valence-corrected chi connectivity index (χ3v) is 5.01. The zero-order valence-electron chi connectivity index (χ0n) is 16.9. The van der Waals surface area contributed by atoms with Crippen LogP contribution in [0.2, 0.25) is 0 Å². The van der Waals surface area contributed by atoms with Crippen LogP contribution in [0.3, 0.4) is 0 Å². The second-order valence-electron chi connectivity index (χ2n) is 8.15. The summed E-state index contributed by atoms with van der Waals surface area (Å²) in [4.78, 5) is 13.1. The Labute approximate surface area is 170 Å². The van der Waals surface area contributed by atoms with Gasteiger partial charge in [0.05, 0.1) is 19.1 Å². The van der Waals surface area contributed by atoms with Crippen molar-refractivity contribution in [2.24, 2.45) is 5.10 Å². The maximum absolute atomic E-state index is 13.1. The van der Waals surface area contributed by atoms with Crippen LogP contribution in [0.5, 0.6) is 0 Å². The monoisotopic (exact) mass is 391 g/mol. The first-order chi connectivity index (χ1) is 13.9. The van der Waals surface area contributed by atoms with E-state index < -0.39 is 0 Å². The van der Waals surface area contributed by atoms with Gasteiger partial charge in [-0.25, -0.2) is 5.01 Å². The number of carbonyl (C=O) groups is 1. The molecule has 6 heteroatoms. The Balaban J connectivity index is 1.55. The van der Waals surface area contributed by atoms with Crippen LogP contribution in [0.4, 0.5) is 5.69 Å². The van der Waals surface area contributed by atoms with E-state index in [1.165, 1.54) is 5.01 Å². The molecule has 0 saturated carbocycles. The molecule has 0 saturated heterocycles. The van der Waals surface area contributed by atoms with E-state index >= 15 is 0 Å². The van der Waals surface area contributed by atoms with Crippen LogP contribution in [0.1, 0.15) is 50.3 Å². The molecule has 6 nitrogen and oxygen atoms in total. The number of para-hydroxylation sites is 1. The summed E-state index contributed by atoms with van der Waals surface area (Å²) in [6.07, 6.45) is 3.77. The minimum absolute atomic E-state index is 0.0262. The number of nitrogens with zero attached hydrogens (tertiary/aromatic N) is 2. The van der Waals surface area contributed by atoms with Crippen LogP contribution in [0, 0.1) is 0 Å². The number of amides is 1. The molecule has 0 radical (unpaired) electrons. The van der Waals surface area contributed by atoms with E-state index in [2.05, 4.69) is 37.3 Å². The number of hydrogen-bond donors (Lipinski definition) is 1. The minimum atomic E-state index is -0.280. The van der Waals surface area contributed by atoms with Crippen molar-refractivity contribution >= 4 is 17.3 Å². The molecule has 1 aromatic carbocycles. The molecule has 1 unspecified atom stereocenters. The quantitative estimate of drug-likeness (QED) is 0.667. The first-order valence-corrected chi connectivity index (χ1v) is 9.73. The third-order valence-electron chi connectivity index (χ3n) is 5.01. The van der Waals surface area contributed by atoms with E-state index in [0.717, 1.165) is 17.0 Å². The molecule has 1 atom stereocenters. The highest BCUT2D eigenvalue weighted by Crippen LogP contribution is 2.33. The van der Waals surface area contributed by atoms with E-state index in [9.17, 15) is 4.79 Å². The molecule has 4 rings (SSSR count). The molecule has 1 N–H and O–H groups in total. The topological polar surface area (TPSA) is 71.0 Å². The Morgan fingerprint density at radius 1 is 1.10 bits per heavy atom. The summed E-state index contributed by atoms with van der Waals surface area (Å²) in [6, 6.07) is 15.1. The van der Waals surface area contributed by atoms with Crippen LogP contribution < -0.4 is 5.32 Å². The van der Waals surface area contributed by atoms with Crippen LogP contribution in [-0.4, -0.2) is 23.2 Å². The molecule has 0 fully saturated rings. The number of rotatable bonds is 5. The second-order valence-corrected chi connectivity index (χ2v) is 8.15. The maximum atomic E-state index is 13.1. The van der Waals surface area contributed by atoms with Gasteiger partial charge in [-0.15, -0.1) is 0 Å². The number of hydrogen-bond acceptors (Lipinski definition) is 5. The Morgan fingerprint density at radius 3 is 2.55 bits per heavy atom. The second kappa shape index (κ2) is 7.62. The first kappa shape index (κ1) is 19.1. The molecule has 2 aromatic heterocycles. The molecular formula is C23H25N3O3. The number of nitrogens with one attached hydrogen (secondary N) is 1. The van der Waals surface area contributed by atoms with Gasteiger partial charge in [-0.3, -0.25) is 4.79 Å². The predicted molar refractivity (Wildman–Crippen MR) is 112 cm³/mol. The zero-order chi connectivity index (χ0) is 20.4. The van der Waals surface area contributed by atoms with E-state index in [1.807, 2.05) is 42.5 Å². The van der Waals surface area contributed by atoms with E-state index in [1.54, 1.807) is 12.5 Å². The van der Waals surface area contributed by atoms with Gasteiger partial charge >= 0.3 is 0 Å². The summed E-state index contributed by atoms with van der Waals surface area (Å²) in [5, 5.41) is 9.36. The SMILES string of the molecule is CC(C)(C)c1ccccc1NCC(=O)N1N=C(c2ccco2)CC1c1ccco1. The first-order valence-electron chi connectivity index (χ1n) is 9.73. The summed E-state index contributed by atoms with van der Waals surface area (Å²) >= 11 is 0. The smallest absolute Gasteiger partial charge is 0.262 e. The lowest BCUT2D eigenvalue weighted by molar-refractivity contribution is -0.131. The maximum Gasteiger partial charge on any atom is 0.262 e. The summed E-state index contributed by atoms with van der Waals surface area (Å²) in [6.45, 7) is 6.60. The van der Waals surface area contributed by atoms with Crippen molar-refractivity contribution in [2.75, 3.05) is 11.9 Å². The molecule has 1 aliphatic rings. The fourth-order valence-corrected chi connectivity index (χ4v) is 3.58. The van der Waals surface area contributed by atoms with Crippen LogP contribution >= 0.6 is 0 Å². The largest absolute Gasteiger partial charge is 0.467 e. The van der Waals surface area contributed by atoms with Crippen molar-refractivity contribution in [3.63, 3.8) is 0 Å². The summed E-state index contributed by atoms with van der Waals surface area (Å²) in [5.74, 6) is 1.25.